The van der Waals surface area contributed by atoms with Gasteiger partial charge < -0.3 is 21.7 Å². The molecule has 2 saturated carbocycles. The van der Waals surface area contributed by atoms with Crippen LogP contribution in [0.25, 0.3) is 0 Å². The Bertz CT molecular complexity index is 790. The normalized spacial score (nSPS) is 20.5. The largest absolute Gasteiger partial charge is 0.383 e. The van der Waals surface area contributed by atoms with Crippen molar-refractivity contribution in [3.8, 4) is 0 Å². The SMILES string of the molecule is CC1CCCCC1.N=C(N)c1ccc(CNC(=O)C2CCCN2C(=O)CNS)s1.NC1CCCCC1. The van der Waals surface area contributed by atoms with Crippen LogP contribution < -0.4 is 21.5 Å². The predicted octanol–water partition coefficient (Wildman–Crippen LogP) is 3.94. The van der Waals surface area contributed by atoms with Gasteiger partial charge in [-0.2, -0.15) is 0 Å². The number of nitrogens with one attached hydrogen (secondary N) is 3. The molecule has 7 N–H and O–H groups in total. The van der Waals surface area contributed by atoms with Gasteiger partial charge >= 0.3 is 0 Å². The Morgan fingerprint density at radius 1 is 1.06 bits per heavy atom. The fourth-order valence-electron chi connectivity index (χ4n) is 4.86. The molecule has 36 heavy (non-hydrogen) atoms. The zero-order valence-electron chi connectivity index (χ0n) is 21.8. The number of amides is 2. The Morgan fingerprint density at radius 3 is 2.17 bits per heavy atom. The molecule has 8 nitrogen and oxygen atoms in total. The quantitative estimate of drug-likeness (QED) is 0.185. The molecule has 0 bridgehead atoms. The molecule has 2 aliphatic carbocycles. The minimum Gasteiger partial charge on any atom is -0.383 e. The maximum atomic E-state index is 12.3. The maximum Gasteiger partial charge on any atom is 0.243 e. The average molecular weight is 539 g/mol. The van der Waals surface area contributed by atoms with E-state index in [1.807, 2.05) is 6.07 Å². The topological polar surface area (TPSA) is 137 Å². The lowest BCUT2D eigenvalue weighted by atomic mass is 9.91. The van der Waals surface area contributed by atoms with Crippen molar-refractivity contribution in [3.05, 3.63) is 21.9 Å². The van der Waals surface area contributed by atoms with E-state index in [1.54, 1.807) is 11.0 Å². The number of carbonyl (C=O) groups is 2. The highest BCUT2D eigenvalue weighted by Gasteiger charge is 2.33. The summed E-state index contributed by atoms with van der Waals surface area (Å²) in [6, 6.07) is 3.72. The first-order valence-electron chi connectivity index (χ1n) is 13.4. The summed E-state index contributed by atoms with van der Waals surface area (Å²) >= 11 is 5.19. The maximum absolute atomic E-state index is 12.3. The average Bonchev–Trinajstić information content (AvgIpc) is 3.55. The smallest absolute Gasteiger partial charge is 0.243 e. The number of rotatable bonds is 6. The summed E-state index contributed by atoms with van der Waals surface area (Å²) in [4.78, 5) is 27.4. The van der Waals surface area contributed by atoms with E-state index in [-0.39, 0.29) is 24.2 Å². The fourth-order valence-corrected chi connectivity index (χ4v) is 5.80. The first-order chi connectivity index (χ1) is 17.3. The number of hydrogen-bond donors (Lipinski definition) is 6. The molecule has 3 aliphatic rings. The number of nitrogen functional groups attached to an aromatic ring is 1. The lowest BCUT2D eigenvalue weighted by molar-refractivity contribution is -0.137. The summed E-state index contributed by atoms with van der Waals surface area (Å²) in [7, 11) is 0. The summed E-state index contributed by atoms with van der Waals surface area (Å²) < 4.78 is 2.52. The van der Waals surface area contributed by atoms with E-state index in [1.165, 1.54) is 75.5 Å². The van der Waals surface area contributed by atoms with Crippen LogP contribution in [0, 0.1) is 11.3 Å². The summed E-state index contributed by atoms with van der Waals surface area (Å²) in [6.07, 6.45) is 15.6. The molecule has 1 unspecified atom stereocenters. The third-order valence-electron chi connectivity index (χ3n) is 7.01. The number of likely N-dealkylation sites (tertiary alicyclic amines) is 1. The summed E-state index contributed by atoms with van der Waals surface area (Å²) in [6.45, 7) is 3.44. The number of hydrogen-bond acceptors (Lipinski definition) is 7. The van der Waals surface area contributed by atoms with Crippen LogP contribution in [-0.4, -0.2) is 47.7 Å². The van der Waals surface area contributed by atoms with E-state index < -0.39 is 6.04 Å². The number of nitrogens with two attached hydrogens (primary N) is 2. The lowest BCUT2D eigenvalue weighted by Crippen LogP contribution is -2.47. The molecule has 1 atom stereocenters. The van der Waals surface area contributed by atoms with Crippen LogP contribution in [0.4, 0.5) is 0 Å². The Morgan fingerprint density at radius 2 is 1.69 bits per heavy atom. The summed E-state index contributed by atoms with van der Waals surface area (Å²) in [5, 5.41) is 10.2. The molecule has 0 aromatic carbocycles. The molecule has 1 aromatic rings. The van der Waals surface area contributed by atoms with E-state index in [4.69, 9.17) is 16.9 Å². The summed E-state index contributed by atoms with van der Waals surface area (Å²) in [5.41, 5.74) is 11.0. The third kappa shape index (κ3) is 11.2. The Hall–Kier alpha value is -1.62. The predicted molar refractivity (Wildman–Crippen MR) is 152 cm³/mol. The van der Waals surface area contributed by atoms with Gasteiger partial charge in [0, 0.05) is 17.5 Å². The second kappa shape index (κ2) is 17.0. The highest BCUT2D eigenvalue weighted by Crippen LogP contribution is 2.22. The number of carbonyl (C=O) groups excluding carboxylic acids is 2. The zero-order chi connectivity index (χ0) is 26.3. The standard InChI is InChI=1S/C13H19N5O2S2.C7H14.C6H13N/c14-12(15)10-4-3-8(22-10)6-16-13(20)9-2-1-5-18(9)11(19)7-17-21;1-7-5-3-2-4-6-7;7-6-4-2-1-3-5-6/h3-4,9,17,21H,1-2,5-7H2,(H3,14,15)(H,16,20);7H,2-6H2,1H3;6H,1-5,7H2. The molecule has 0 spiro atoms. The summed E-state index contributed by atoms with van der Waals surface area (Å²) in [5.74, 6) is 0.786. The van der Waals surface area contributed by atoms with E-state index in [2.05, 4.69) is 29.8 Å². The Labute approximate surface area is 226 Å². The minimum atomic E-state index is -0.415. The molecule has 1 aliphatic heterocycles. The molecule has 2 amide bonds. The molecule has 2 heterocycles. The number of nitrogens with zero attached hydrogens (tertiary/aromatic N) is 1. The third-order valence-corrected chi connectivity index (χ3v) is 8.29. The molecule has 0 radical (unpaired) electrons. The molecule has 4 rings (SSSR count). The first-order valence-corrected chi connectivity index (χ1v) is 14.7. The van der Waals surface area contributed by atoms with Crippen molar-refractivity contribution in [1.82, 2.24) is 14.9 Å². The van der Waals surface area contributed by atoms with E-state index >= 15 is 0 Å². The second-order valence-corrected chi connectivity index (χ2v) is 11.6. The van der Waals surface area contributed by atoms with Crippen LogP contribution in [-0.2, 0) is 16.1 Å². The molecule has 1 saturated heterocycles. The second-order valence-electron chi connectivity index (χ2n) is 10.1. The van der Waals surface area contributed by atoms with Gasteiger partial charge in [0.25, 0.3) is 0 Å². The molecule has 10 heteroatoms. The van der Waals surface area contributed by atoms with E-state index in [0.29, 0.717) is 30.4 Å². The minimum absolute atomic E-state index is 0.0226. The van der Waals surface area contributed by atoms with E-state index in [0.717, 1.165) is 17.2 Å². The van der Waals surface area contributed by atoms with Crippen molar-refractivity contribution in [3.63, 3.8) is 0 Å². The van der Waals surface area contributed by atoms with Crippen LogP contribution in [0.15, 0.2) is 12.1 Å². The number of thiol groups is 1. The lowest BCUT2D eigenvalue weighted by Gasteiger charge is -2.23. The highest BCUT2D eigenvalue weighted by molar-refractivity contribution is 7.78. The van der Waals surface area contributed by atoms with Crippen molar-refractivity contribution < 1.29 is 9.59 Å². The van der Waals surface area contributed by atoms with Gasteiger partial charge in [0.05, 0.1) is 18.0 Å². The fraction of sp³-hybridized carbons (Fsp3) is 0.731. The number of amidine groups is 1. The van der Waals surface area contributed by atoms with Crippen LogP contribution in [0.1, 0.15) is 93.7 Å². The molecular formula is C26H46N6O2S2. The van der Waals surface area contributed by atoms with Crippen molar-refractivity contribution >= 4 is 41.8 Å². The van der Waals surface area contributed by atoms with Gasteiger partial charge in [-0.1, -0.05) is 71.1 Å². The van der Waals surface area contributed by atoms with Gasteiger partial charge in [-0.15, -0.1) is 11.3 Å². The number of thiophene rings is 1. The molecule has 3 fully saturated rings. The molecule has 1 aromatic heterocycles. The van der Waals surface area contributed by atoms with Crippen LogP contribution in [0.5, 0.6) is 0 Å². The molecule has 204 valence electrons. The van der Waals surface area contributed by atoms with Gasteiger partial charge in [0.2, 0.25) is 11.8 Å². The van der Waals surface area contributed by atoms with Crippen LogP contribution in [0.2, 0.25) is 0 Å². The van der Waals surface area contributed by atoms with Gasteiger partial charge in [0.15, 0.2) is 0 Å². The van der Waals surface area contributed by atoms with E-state index in [9.17, 15) is 9.59 Å². The van der Waals surface area contributed by atoms with Crippen LogP contribution >= 0.6 is 24.2 Å². The Kier molecular flexibility index (Phi) is 14.4. The van der Waals surface area contributed by atoms with Crippen molar-refractivity contribution in [1.29, 1.82) is 5.41 Å². The van der Waals surface area contributed by atoms with Crippen molar-refractivity contribution in [2.24, 2.45) is 17.4 Å². The molecular weight excluding hydrogens is 492 g/mol. The first kappa shape index (κ1) is 30.6. The van der Waals surface area contributed by atoms with Gasteiger partial charge in [-0.05, 0) is 43.7 Å². The Balaban J connectivity index is 0.000000262. The monoisotopic (exact) mass is 538 g/mol. The van der Waals surface area contributed by atoms with Gasteiger partial charge in [-0.3, -0.25) is 19.7 Å². The van der Waals surface area contributed by atoms with Crippen molar-refractivity contribution in [2.75, 3.05) is 13.1 Å². The van der Waals surface area contributed by atoms with Gasteiger partial charge in [0.1, 0.15) is 11.9 Å². The zero-order valence-corrected chi connectivity index (χ0v) is 23.5. The van der Waals surface area contributed by atoms with Gasteiger partial charge in [-0.25, -0.2) is 0 Å². The van der Waals surface area contributed by atoms with Crippen LogP contribution in [0.3, 0.4) is 0 Å². The highest BCUT2D eigenvalue weighted by atomic mass is 32.1. The van der Waals surface area contributed by atoms with Crippen molar-refractivity contribution in [2.45, 2.75) is 103 Å².